The van der Waals surface area contributed by atoms with E-state index in [1.165, 1.54) is 0 Å². The number of pyridine rings is 1. The second kappa shape index (κ2) is 6.84. The van der Waals surface area contributed by atoms with Gasteiger partial charge in [-0.05, 0) is 48.4 Å². The third-order valence-corrected chi connectivity index (χ3v) is 4.82. The first-order valence-electron chi connectivity index (χ1n) is 8.84. The number of carbonyl (C=O) groups excluding carboxylic acids is 2. The Bertz CT molecular complexity index is 1030. The van der Waals surface area contributed by atoms with Gasteiger partial charge in [-0.25, -0.2) is 4.98 Å². The van der Waals surface area contributed by atoms with Gasteiger partial charge >= 0.3 is 0 Å². The van der Waals surface area contributed by atoms with Gasteiger partial charge in [0.05, 0.1) is 12.8 Å². The summed E-state index contributed by atoms with van der Waals surface area (Å²) in [6.45, 7) is 2.03. The lowest BCUT2D eigenvalue weighted by Crippen LogP contribution is -2.47. The molecule has 142 valence electrons. The Hall–Kier alpha value is -3.61. The smallest absolute Gasteiger partial charge is 0.264 e. The summed E-state index contributed by atoms with van der Waals surface area (Å²) in [5.74, 6) is 0.389. The molecule has 0 fully saturated rings. The molecule has 0 saturated heterocycles. The van der Waals surface area contributed by atoms with E-state index in [1.807, 2.05) is 18.2 Å². The number of benzene rings is 1. The Balaban J connectivity index is 1.56. The molecule has 3 aromatic rings. The maximum absolute atomic E-state index is 12.7. The highest BCUT2D eigenvalue weighted by atomic mass is 16.5. The fourth-order valence-electron chi connectivity index (χ4n) is 3.30. The third kappa shape index (κ3) is 3.22. The van der Waals surface area contributed by atoms with Gasteiger partial charge in [0.25, 0.3) is 5.91 Å². The molecule has 7 heteroatoms. The van der Waals surface area contributed by atoms with Crippen LogP contribution in [0.5, 0.6) is 5.88 Å². The van der Waals surface area contributed by atoms with E-state index in [0.717, 1.165) is 16.7 Å². The van der Waals surface area contributed by atoms with Crippen molar-refractivity contribution in [2.24, 2.45) is 5.73 Å². The molecule has 0 spiro atoms. The average molecular weight is 377 g/mol. The van der Waals surface area contributed by atoms with Crippen molar-refractivity contribution < 1.29 is 18.7 Å². The van der Waals surface area contributed by atoms with Crippen LogP contribution < -0.4 is 15.8 Å². The van der Waals surface area contributed by atoms with Crippen LogP contribution in [0.3, 0.4) is 0 Å². The minimum Gasteiger partial charge on any atom is -0.467 e. The maximum Gasteiger partial charge on any atom is 0.264 e. The maximum atomic E-state index is 12.7. The summed E-state index contributed by atoms with van der Waals surface area (Å²) in [6.07, 6.45) is 3.58. The SMILES string of the molecule is CC1(C(=O)NCc2ccco2)Cc2c(-c3ccc(C(N)=O)cc3)ccnc2O1. The number of amides is 2. The number of furan rings is 1. The molecule has 2 aromatic heterocycles. The van der Waals surface area contributed by atoms with Crippen LogP contribution >= 0.6 is 0 Å². The molecule has 4 rings (SSSR count). The van der Waals surface area contributed by atoms with Crippen LogP contribution in [0.4, 0.5) is 0 Å². The monoisotopic (exact) mass is 377 g/mol. The number of fused-ring (bicyclic) bond motifs is 1. The predicted octanol–water partition coefficient (Wildman–Crippen LogP) is 2.45. The molecule has 1 aromatic carbocycles. The molecule has 7 nitrogen and oxygen atoms in total. The second-order valence-corrected chi connectivity index (χ2v) is 6.86. The van der Waals surface area contributed by atoms with Crippen LogP contribution in [-0.4, -0.2) is 22.4 Å². The first kappa shape index (κ1) is 17.8. The van der Waals surface area contributed by atoms with E-state index in [-0.39, 0.29) is 12.5 Å². The molecule has 0 saturated carbocycles. The van der Waals surface area contributed by atoms with Crippen molar-refractivity contribution in [1.29, 1.82) is 0 Å². The normalized spacial score (nSPS) is 17.6. The number of nitrogens with one attached hydrogen (secondary N) is 1. The molecular weight excluding hydrogens is 358 g/mol. The first-order valence-corrected chi connectivity index (χ1v) is 8.84. The van der Waals surface area contributed by atoms with E-state index >= 15 is 0 Å². The van der Waals surface area contributed by atoms with Crippen molar-refractivity contribution in [3.05, 3.63) is 71.8 Å². The largest absolute Gasteiger partial charge is 0.467 e. The minimum absolute atomic E-state index is 0.239. The summed E-state index contributed by atoms with van der Waals surface area (Å²) in [7, 11) is 0. The molecule has 1 atom stereocenters. The Kier molecular flexibility index (Phi) is 4.35. The Morgan fingerprint density at radius 3 is 2.68 bits per heavy atom. The molecule has 1 aliphatic heterocycles. The summed E-state index contributed by atoms with van der Waals surface area (Å²) in [6, 6.07) is 12.4. The fraction of sp³-hybridized carbons (Fsp3) is 0.190. The molecule has 3 N–H and O–H groups in total. The topological polar surface area (TPSA) is 107 Å². The molecule has 0 aliphatic carbocycles. The summed E-state index contributed by atoms with van der Waals surface area (Å²) in [5.41, 5.74) is 7.33. The standard InChI is InChI=1S/C21H19N3O4/c1-21(20(26)24-12-15-3-2-10-27-15)11-17-16(8-9-23-19(17)28-21)13-4-6-14(7-5-13)18(22)25/h2-10H,11-12H2,1H3,(H2,22,25)(H,24,26). The van der Waals surface area contributed by atoms with Crippen molar-refractivity contribution in [2.45, 2.75) is 25.5 Å². The van der Waals surface area contributed by atoms with Gasteiger partial charge in [0.2, 0.25) is 11.8 Å². The van der Waals surface area contributed by atoms with Crippen LogP contribution in [0.25, 0.3) is 11.1 Å². The highest BCUT2D eigenvalue weighted by Gasteiger charge is 2.43. The summed E-state index contributed by atoms with van der Waals surface area (Å²) < 4.78 is 11.2. The van der Waals surface area contributed by atoms with Gasteiger partial charge in [-0.2, -0.15) is 0 Å². The fourth-order valence-corrected chi connectivity index (χ4v) is 3.30. The lowest BCUT2D eigenvalue weighted by molar-refractivity contribution is -0.134. The zero-order chi connectivity index (χ0) is 19.7. The number of primary amides is 1. The number of ether oxygens (including phenoxy) is 1. The number of hydrogen-bond acceptors (Lipinski definition) is 5. The van der Waals surface area contributed by atoms with Gasteiger partial charge in [-0.1, -0.05) is 12.1 Å². The van der Waals surface area contributed by atoms with Gasteiger partial charge in [0, 0.05) is 23.7 Å². The van der Waals surface area contributed by atoms with Gasteiger partial charge in [-0.15, -0.1) is 0 Å². The van der Waals surface area contributed by atoms with Gasteiger partial charge < -0.3 is 20.2 Å². The highest BCUT2D eigenvalue weighted by molar-refractivity contribution is 5.93. The lowest BCUT2D eigenvalue weighted by atomic mass is 9.93. The predicted molar refractivity (Wildman–Crippen MR) is 101 cm³/mol. The third-order valence-electron chi connectivity index (χ3n) is 4.82. The quantitative estimate of drug-likeness (QED) is 0.710. The Labute approximate surface area is 161 Å². The van der Waals surface area contributed by atoms with Crippen molar-refractivity contribution in [3.63, 3.8) is 0 Å². The molecule has 0 radical (unpaired) electrons. The average Bonchev–Trinajstić information content (AvgIpc) is 3.33. The van der Waals surface area contributed by atoms with Gasteiger partial charge in [-0.3, -0.25) is 9.59 Å². The van der Waals surface area contributed by atoms with Crippen LogP contribution in [0.15, 0.2) is 59.3 Å². The number of hydrogen-bond donors (Lipinski definition) is 2. The molecule has 28 heavy (non-hydrogen) atoms. The van der Waals surface area contributed by atoms with Crippen LogP contribution in [0.2, 0.25) is 0 Å². The molecule has 3 heterocycles. The second-order valence-electron chi connectivity index (χ2n) is 6.86. The molecule has 1 unspecified atom stereocenters. The zero-order valence-corrected chi connectivity index (χ0v) is 15.3. The summed E-state index contributed by atoms with van der Waals surface area (Å²) in [4.78, 5) is 28.3. The molecule has 2 amide bonds. The van der Waals surface area contributed by atoms with Crippen molar-refractivity contribution >= 4 is 11.8 Å². The van der Waals surface area contributed by atoms with E-state index < -0.39 is 11.5 Å². The van der Waals surface area contributed by atoms with Crippen molar-refractivity contribution in [1.82, 2.24) is 10.3 Å². The van der Waals surface area contributed by atoms with E-state index in [9.17, 15) is 9.59 Å². The van der Waals surface area contributed by atoms with Crippen LogP contribution in [-0.2, 0) is 17.8 Å². The summed E-state index contributed by atoms with van der Waals surface area (Å²) >= 11 is 0. The van der Waals surface area contributed by atoms with E-state index in [1.54, 1.807) is 43.6 Å². The highest BCUT2D eigenvalue weighted by Crippen LogP contribution is 2.39. The molecule has 1 aliphatic rings. The van der Waals surface area contributed by atoms with Crippen LogP contribution in [0.1, 0.15) is 28.6 Å². The summed E-state index contributed by atoms with van der Waals surface area (Å²) in [5, 5.41) is 2.84. The number of rotatable bonds is 5. The first-order chi connectivity index (χ1) is 13.5. The van der Waals surface area contributed by atoms with E-state index in [0.29, 0.717) is 23.6 Å². The molecule has 0 bridgehead atoms. The van der Waals surface area contributed by atoms with Gasteiger partial charge in [0.15, 0.2) is 5.60 Å². The van der Waals surface area contributed by atoms with E-state index in [2.05, 4.69) is 10.3 Å². The molecular formula is C21H19N3O4. The van der Waals surface area contributed by atoms with Crippen molar-refractivity contribution in [2.75, 3.05) is 0 Å². The Morgan fingerprint density at radius 1 is 1.21 bits per heavy atom. The number of nitrogens with two attached hydrogens (primary N) is 1. The number of nitrogens with zero attached hydrogens (tertiary/aromatic N) is 1. The number of aromatic nitrogens is 1. The van der Waals surface area contributed by atoms with Crippen molar-refractivity contribution in [3.8, 4) is 17.0 Å². The van der Waals surface area contributed by atoms with E-state index in [4.69, 9.17) is 14.9 Å². The zero-order valence-electron chi connectivity index (χ0n) is 15.3. The number of carbonyl (C=O) groups is 2. The van der Waals surface area contributed by atoms with Crippen LogP contribution in [0, 0.1) is 0 Å². The Morgan fingerprint density at radius 2 is 2.00 bits per heavy atom. The van der Waals surface area contributed by atoms with Gasteiger partial charge in [0.1, 0.15) is 5.76 Å². The lowest BCUT2D eigenvalue weighted by Gasteiger charge is -2.22. The minimum atomic E-state index is -1.06.